The van der Waals surface area contributed by atoms with Crippen LogP contribution in [0, 0.1) is 10.1 Å². The van der Waals surface area contributed by atoms with E-state index in [-0.39, 0.29) is 17.2 Å². The normalized spacial score (nSPS) is 10.3. The largest absolute Gasteiger partial charge is 0.418 e. The molecule has 6 nitrogen and oxygen atoms in total. The second kappa shape index (κ2) is 3.65. The van der Waals surface area contributed by atoms with Crippen molar-refractivity contribution >= 4 is 22.6 Å². The molecule has 0 aliphatic heterocycles. The maximum Gasteiger partial charge on any atom is 0.312 e. The summed E-state index contributed by atoms with van der Waals surface area (Å²) in [5.41, 5.74) is -0.0559. The van der Waals surface area contributed by atoms with Crippen LogP contribution in [0.2, 0.25) is 0 Å². The number of hydrogen-bond acceptors (Lipinski definition) is 5. The molecule has 0 radical (unpaired) electrons. The van der Waals surface area contributed by atoms with Crippen LogP contribution in [-0.4, -0.2) is 10.9 Å². The summed E-state index contributed by atoms with van der Waals surface area (Å²) >= 11 is 0. The minimum Gasteiger partial charge on any atom is -0.418 e. The van der Waals surface area contributed by atoms with E-state index in [1.165, 1.54) is 25.1 Å². The first kappa shape index (κ1) is 10.2. The van der Waals surface area contributed by atoms with Crippen LogP contribution in [0.4, 0.5) is 5.69 Å². The number of benzene rings is 1. The Bertz CT molecular complexity index is 572. The third kappa shape index (κ3) is 1.72. The second-order valence-corrected chi connectivity index (χ2v) is 3.11. The number of hydrogen-bond donors (Lipinski definition) is 0. The van der Waals surface area contributed by atoms with Gasteiger partial charge in [0.25, 0.3) is 5.95 Å². The van der Waals surface area contributed by atoms with E-state index >= 15 is 0 Å². The van der Waals surface area contributed by atoms with Crippen molar-refractivity contribution in [2.45, 2.75) is 6.92 Å². The molecule has 0 saturated heterocycles. The number of nitro groups is 1. The van der Waals surface area contributed by atoms with Crippen LogP contribution < -0.4 is 4.74 Å². The molecule has 1 aromatic heterocycles. The zero-order valence-electron chi connectivity index (χ0n) is 8.30. The summed E-state index contributed by atoms with van der Waals surface area (Å²) in [6, 6.07) is 5.93. The molecule has 0 saturated carbocycles. The number of nitro benzene ring substituents is 1. The number of para-hydroxylation sites is 1. The SMILES string of the molecule is CC(=O)Oc1cc2cccc([N+](=O)[O-])c2o1. The molecule has 0 atom stereocenters. The molecule has 1 heterocycles. The van der Waals surface area contributed by atoms with E-state index in [0.29, 0.717) is 5.39 Å². The first-order valence-electron chi connectivity index (χ1n) is 4.43. The predicted molar refractivity (Wildman–Crippen MR) is 54.2 cm³/mol. The molecule has 2 aromatic rings. The molecule has 16 heavy (non-hydrogen) atoms. The highest BCUT2D eigenvalue weighted by Gasteiger charge is 2.17. The third-order valence-electron chi connectivity index (χ3n) is 1.94. The summed E-state index contributed by atoms with van der Waals surface area (Å²) in [6.07, 6.45) is 0. The van der Waals surface area contributed by atoms with Gasteiger partial charge >= 0.3 is 11.7 Å². The van der Waals surface area contributed by atoms with Crippen molar-refractivity contribution in [2.75, 3.05) is 0 Å². The van der Waals surface area contributed by atoms with Gasteiger partial charge in [0, 0.05) is 24.4 Å². The Labute approximate surface area is 89.6 Å². The first-order chi connectivity index (χ1) is 7.58. The number of rotatable bonds is 2. The molecule has 0 aliphatic rings. The quantitative estimate of drug-likeness (QED) is 0.441. The Balaban J connectivity index is 2.56. The molecule has 0 amide bonds. The van der Waals surface area contributed by atoms with Crippen LogP contribution >= 0.6 is 0 Å². The molecule has 0 aliphatic carbocycles. The van der Waals surface area contributed by atoms with Crippen molar-refractivity contribution in [1.82, 2.24) is 0 Å². The lowest BCUT2D eigenvalue weighted by Crippen LogP contribution is -1.99. The number of fused-ring (bicyclic) bond motifs is 1. The maximum atomic E-state index is 10.7. The van der Waals surface area contributed by atoms with E-state index in [4.69, 9.17) is 9.15 Å². The van der Waals surface area contributed by atoms with E-state index in [1.807, 2.05) is 0 Å². The maximum absolute atomic E-state index is 10.7. The predicted octanol–water partition coefficient (Wildman–Crippen LogP) is 2.27. The van der Waals surface area contributed by atoms with Gasteiger partial charge in [-0.2, -0.15) is 0 Å². The molecular weight excluding hydrogens is 214 g/mol. The number of carbonyl (C=O) groups is 1. The number of non-ortho nitro benzene ring substituents is 1. The van der Waals surface area contributed by atoms with Crippen LogP contribution in [0.3, 0.4) is 0 Å². The highest BCUT2D eigenvalue weighted by Crippen LogP contribution is 2.31. The summed E-state index contributed by atoms with van der Waals surface area (Å²) in [7, 11) is 0. The monoisotopic (exact) mass is 221 g/mol. The minimum atomic E-state index is -0.552. The molecule has 6 heteroatoms. The highest BCUT2D eigenvalue weighted by atomic mass is 16.6. The fourth-order valence-corrected chi connectivity index (χ4v) is 1.36. The summed E-state index contributed by atoms with van der Waals surface area (Å²) in [4.78, 5) is 20.8. The van der Waals surface area contributed by atoms with Gasteiger partial charge < -0.3 is 9.15 Å². The van der Waals surface area contributed by atoms with Crippen molar-refractivity contribution in [3.63, 3.8) is 0 Å². The molecule has 0 unspecified atom stereocenters. The molecular formula is C10H7NO5. The van der Waals surface area contributed by atoms with E-state index in [2.05, 4.69) is 0 Å². The Morgan fingerprint density at radius 1 is 1.50 bits per heavy atom. The molecule has 1 aromatic carbocycles. The van der Waals surface area contributed by atoms with Gasteiger partial charge in [0.1, 0.15) is 0 Å². The summed E-state index contributed by atoms with van der Waals surface area (Å²) in [5, 5.41) is 11.2. The fraction of sp³-hybridized carbons (Fsp3) is 0.100. The number of nitrogens with zero attached hydrogens (tertiary/aromatic N) is 1. The Morgan fingerprint density at radius 3 is 2.88 bits per heavy atom. The zero-order valence-corrected chi connectivity index (χ0v) is 8.30. The first-order valence-corrected chi connectivity index (χ1v) is 4.43. The average molecular weight is 221 g/mol. The van der Waals surface area contributed by atoms with Gasteiger partial charge in [-0.05, 0) is 0 Å². The smallest absolute Gasteiger partial charge is 0.312 e. The van der Waals surface area contributed by atoms with Crippen molar-refractivity contribution in [3.8, 4) is 5.95 Å². The van der Waals surface area contributed by atoms with Gasteiger partial charge in [-0.15, -0.1) is 0 Å². The van der Waals surface area contributed by atoms with Gasteiger partial charge in [-0.1, -0.05) is 12.1 Å². The van der Waals surface area contributed by atoms with Crippen molar-refractivity contribution in [3.05, 3.63) is 34.4 Å². The lowest BCUT2D eigenvalue weighted by Gasteiger charge is -1.92. The van der Waals surface area contributed by atoms with E-state index in [0.717, 1.165) is 0 Å². The van der Waals surface area contributed by atoms with Gasteiger partial charge in [0.2, 0.25) is 5.58 Å². The van der Waals surface area contributed by atoms with E-state index < -0.39 is 10.9 Å². The zero-order chi connectivity index (χ0) is 11.7. The summed E-state index contributed by atoms with van der Waals surface area (Å²) < 4.78 is 9.79. The van der Waals surface area contributed by atoms with Gasteiger partial charge in [0.05, 0.1) is 4.92 Å². The van der Waals surface area contributed by atoms with Crippen LogP contribution in [0.5, 0.6) is 5.95 Å². The molecule has 82 valence electrons. The third-order valence-corrected chi connectivity index (χ3v) is 1.94. The minimum absolute atomic E-state index is 0.0446. The molecule has 0 fully saturated rings. The van der Waals surface area contributed by atoms with Crippen molar-refractivity contribution < 1.29 is 18.9 Å². The summed E-state index contributed by atoms with van der Waals surface area (Å²) in [5.74, 6) is -0.585. The van der Waals surface area contributed by atoms with Gasteiger partial charge in [0.15, 0.2) is 0 Å². The Kier molecular flexibility index (Phi) is 2.32. The number of ether oxygens (including phenoxy) is 1. The van der Waals surface area contributed by atoms with Crippen LogP contribution in [-0.2, 0) is 4.79 Å². The number of carbonyl (C=O) groups excluding carboxylic acids is 1. The van der Waals surface area contributed by atoms with Crippen LogP contribution in [0.1, 0.15) is 6.92 Å². The molecule has 2 rings (SSSR count). The molecule has 0 bridgehead atoms. The lowest BCUT2D eigenvalue weighted by atomic mass is 10.2. The van der Waals surface area contributed by atoms with Crippen molar-refractivity contribution in [2.24, 2.45) is 0 Å². The van der Waals surface area contributed by atoms with Crippen LogP contribution in [0.25, 0.3) is 11.0 Å². The molecule has 0 spiro atoms. The summed E-state index contributed by atoms with van der Waals surface area (Å²) in [6.45, 7) is 1.22. The molecule has 0 N–H and O–H groups in total. The second-order valence-electron chi connectivity index (χ2n) is 3.11. The van der Waals surface area contributed by atoms with Gasteiger partial charge in [-0.25, -0.2) is 0 Å². The Morgan fingerprint density at radius 2 is 2.25 bits per heavy atom. The van der Waals surface area contributed by atoms with Crippen LogP contribution in [0.15, 0.2) is 28.7 Å². The topological polar surface area (TPSA) is 82.6 Å². The highest BCUT2D eigenvalue weighted by molar-refractivity contribution is 5.87. The number of esters is 1. The van der Waals surface area contributed by atoms with E-state index in [1.54, 1.807) is 6.07 Å². The number of furan rings is 1. The van der Waals surface area contributed by atoms with Gasteiger partial charge in [-0.3, -0.25) is 14.9 Å². The van der Waals surface area contributed by atoms with Crippen molar-refractivity contribution in [1.29, 1.82) is 0 Å². The average Bonchev–Trinajstić information content (AvgIpc) is 2.57. The standard InChI is InChI=1S/C10H7NO5/c1-6(12)15-9-5-7-3-2-4-8(11(13)14)10(7)16-9/h2-5H,1H3. The Hall–Kier alpha value is -2.37. The van der Waals surface area contributed by atoms with E-state index in [9.17, 15) is 14.9 Å². The fourth-order valence-electron chi connectivity index (χ4n) is 1.36. The lowest BCUT2D eigenvalue weighted by molar-refractivity contribution is -0.383.